The minimum atomic E-state index is -4.56. The Kier molecular flexibility index (Phi) is 6.34. The van der Waals surface area contributed by atoms with Crippen LogP contribution in [0, 0.1) is 13.8 Å². The van der Waals surface area contributed by atoms with Crippen LogP contribution in [0.1, 0.15) is 36.0 Å². The lowest BCUT2D eigenvalue weighted by atomic mass is 10.2. The summed E-state index contributed by atoms with van der Waals surface area (Å²) in [4.78, 5) is 12.2. The quantitative estimate of drug-likeness (QED) is 0.549. The third kappa shape index (κ3) is 4.74. The summed E-state index contributed by atoms with van der Waals surface area (Å²) in [7, 11) is 0. The van der Waals surface area contributed by atoms with Crippen molar-refractivity contribution < 1.29 is 18.0 Å². The van der Waals surface area contributed by atoms with Gasteiger partial charge in [-0.25, -0.2) is 0 Å². The van der Waals surface area contributed by atoms with Crippen LogP contribution in [0.4, 0.5) is 18.9 Å². The summed E-state index contributed by atoms with van der Waals surface area (Å²) in [5.74, 6) is -0.343. The average molecular weight is 488 g/mol. The van der Waals surface area contributed by atoms with Gasteiger partial charge in [-0.05, 0) is 36.7 Å². The molecule has 0 atom stereocenters. The fourth-order valence-electron chi connectivity index (χ4n) is 3.00. The first kappa shape index (κ1) is 22.1. The highest BCUT2D eigenvalue weighted by atomic mass is 79.9. The molecule has 0 aromatic carbocycles. The van der Waals surface area contributed by atoms with Crippen molar-refractivity contribution in [1.82, 2.24) is 29.3 Å². The molecule has 1 amide bonds. The average Bonchev–Trinajstić information content (AvgIpc) is 3.34. The Morgan fingerprint density at radius 1 is 1.17 bits per heavy atom. The van der Waals surface area contributed by atoms with Gasteiger partial charge in [0, 0.05) is 30.4 Å². The van der Waals surface area contributed by atoms with Crippen LogP contribution < -0.4 is 5.32 Å². The summed E-state index contributed by atoms with van der Waals surface area (Å²) in [6, 6.07) is 0. The molecule has 8 nitrogen and oxygen atoms in total. The van der Waals surface area contributed by atoms with E-state index in [0.717, 1.165) is 17.8 Å². The van der Waals surface area contributed by atoms with Gasteiger partial charge in [-0.3, -0.25) is 18.8 Å². The third-order valence-electron chi connectivity index (χ3n) is 4.71. The molecule has 0 bridgehead atoms. The molecule has 3 aromatic rings. The molecular weight excluding hydrogens is 467 g/mol. The van der Waals surface area contributed by atoms with E-state index in [4.69, 9.17) is 0 Å². The Hall–Kier alpha value is -2.63. The molecular formula is C18H21BrF3N7O. The molecule has 0 aliphatic rings. The van der Waals surface area contributed by atoms with Crippen LogP contribution in [0.25, 0.3) is 0 Å². The summed E-state index contributed by atoms with van der Waals surface area (Å²) in [6.07, 6.45) is 0.420. The molecule has 162 valence electrons. The monoisotopic (exact) mass is 487 g/mol. The van der Waals surface area contributed by atoms with Gasteiger partial charge < -0.3 is 5.32 Å². The second kappa shape index (κ2) is 8.62. The van der Waals surface area contributed by atoms with E-state index >= 15 is 0 Å². The van der Waals surface area contributed by atoms with Crippen molar-refractivity contribution in [2.24, 2.45) is 0 Å². The van der Waals surface area contributed by atoms with Gasteiger partial charge in [-0.2, -0.15) is 28.5 Å². The van der Waals surface area contributed by atoms with Crippen LogP contribution in [0.5, 0.6) is 0 Å². The van der Waals surface area contributed by atoms with E-state index in [1.165, 1.54) is 17.8 Å². The van der Waals surface area contributed by atoms with Crippen LogP contribution in [0.15, 0.2) is 23.1 Å². The van der Waals surface area contributed by atoms with Gasteiger partial charge >= 0.3 is 6.18 Å². The van der Waals surface area contributed by atoms with Crippen LogP contribution in [-0.4, -0.2) is 35.2 Å². The molecule has 0 unspecified atom stereocenters. The van der Waals surface area contributed by atoms with E-state index in [0.29, 0.717) is 17.9 Å². The smallest absolute Gasteiger partial charge is 0.323 e. The number of rotatable bonds is 7. The number of nitrogens with one attached hydrogen (secondary N) is 1. The lowest BCUT2D eigenvalue weighted by Crippen LogP contribution is -2.16. The molecule has 30 heavy (non-hydrogen) atoms. The number of carbonyl (C=O) groups excluding carboxylic acids is 1. The lowest BCUT2D eigenvalue weighted by molar-refractivity contribution is -0.142. The fourth-order valence-corrected chi connectivity index (χ4v) is 3.51. The molecule has 0 saturated heterocycles. The number of halogens is 4. The highest BCUT2D eigenvalue weighted by Crippen LogP contribution is 2.35. The Bertz CT molecular complexity index is 1050. The Morgan fingerprint density at radius 3 is 2.50 bits per heavy atom. The highest BCUT2D eigenvalue weighted by Gasteiger charge is 2.37. The highest BCUT2D eigenvalue weighted by molar-refractivity contribution is 9.10. The zero-order valence-corrected chi connectivity index (χ0v) is 18.2. The molecule has 0 aliphatic heterocycles. The molecule has 0 saturated carbocycles. The van der Waals surface area contributed by atoms with Crippen LogP contribution in [0.3, 0.4) is 0 Å². The van der Waals surface area contributed by atoms with Gasteiger partial charge in [0.15, 0.2) is 5.69 Å². The molecule has 0 radical (unpaired) electrons. The van der Waals surface area contributed by atoms with Crippen molar-refractivity contribution in [1.29, 1.82) is 0 Å². The number of amides is 1. The number of aromatic nitrogens is 6. The van der Waals surface area contributed by atoms with E-state index in [9.17, 15) is 18.0 Å². The van der Waals surface area contributed by atoms with Gasteiger partial charge in [0.25, 0.3) is 0 Å². The van der Waals surface area contributed by atoms with Gasteiger partial charge in [0.1, 0.15) is 0 Å². The minimum Gasteiger partial charge on any atom is -0.323 e. The largest absolute Gasteiger partial charge is 0.436 e. The van der Waals surface area contributed by atoms with Gasteiger partial charge in [0.05, 0.1) is 41.3 Å². The molecule has 1 N–H and O–H groups in total. The molecule has 3 rings (SSSR count). The first-order valence-electron chi connectivity index (χ1n) is 9.23. The van der Waals surface area contributed by atoms with Crippen molar-refractivity contribution in [3.63, 3.8) is 0 Å². The number of hydrogen-bond donors (Lipinski definition) is 1. The molecule has 12 heteroatoms. The van der Waals surface area contributed by atoms with Crippen molar-refractivity contribution in [3.8, 4) is 0 Å². The Labute approximate surface area is 179 Å². The minimum absolute atomic E-state index is 0.0237. The third-order valence-corrected chi connectivity index (χ3v) is 5.66. The SMILES string of the molecule is CCn1ncc(Cn2cc(NC(=O)CCn3nc(C(F)(F)F)c(Br)c3C)cn2)c1C. The second-order valence-corrected chi connectivity index (χ2v) is 7.56. The van der Waals surface area contributed by atoms with Crippen molar-refractivity contribution in [3.05, 3.63) is 45.7 Å². The van der Waals surface area contributed by atoms with E-state index in [2.05, 4.69) is 36.5 Å². The van der Waals surface area contributed by atoms with E-state index in [1.807, 2.05) is 18.5 Å². The van der Waals surface area contributed by atoms with Crippen LogP contribution in [-0.2, 0) is 30.6 Å². The van der Waals surface area contributed by atoms with Crippen LogP contribution in [0.2, 0.25) is 0 Å². The van der Waals surface area contributed by atoms with E-state index in [1.54, 1.807) is 17.1 Å². The number of alkyl halides is 3. The van der Waals surface area contributed by atoms with Gasteiger partial charge in [-0.15, -0.1) is 0 Å². The molecule has 0 aliphatic carbocycles. The first-order chi connectivity index (χ1) is 14.1. The van der Waals surface area contributed by atoms with Gasteiger partial charge in [0.2, 0.25) is 5.91 Å². The number of nitrogens with zero attached hydrogens (tertiary/aromatic N) is 6. The number of hydrogen-bond acceptors (Lipinski definition) is 4. The summed E-state index contributed by atoms with van der Waals surface area (Å²) in [6.45, 7) is 6.83. The van der Waals surface area contributed by atoms with E-state index in [-0.39, 0.29) is 23.3 Å². The maximum Gasteiger partial charge on any atom is 0.436 e. The maximum absolute atomic E-state index is 12.9. The lowest BCUT2D eigenvalue weighted by Gasteiger charge is -2.05. The second-order valence-electron chi connectivity index (χ2n) is 6.76. The Morgan fingerprint density at radius 2 is 1.90 bits per heavy atom. The molecule has 0 spiro atoms. The predicted octanol–water partition coefficient (Wildman–Crippen LogP) is 3.77. The summed E-state index contributed by atoms with van der Waals surface area (Å²) in [5.41, 5.74) is 1.90. The fraction of sp³-hybridized carbons (Fsp3) is 0.444. The topological polar surface area (TPSA) is 82.6 Å². The van der Waals surface area contributed by atoms with Crippen molar-refractivity contribution in [2.45, 2.75) is 53.0 Å². The van der Waals surface area contributed by atoms with Crippen molar-refractivity contribution in [2.75, 3.05) is 5.32 Å². The standard InChI is InChI=1S/C18H21BrF3N7O/c1-4-28-11(2)13(7-24-28)9-27-10-14(8-23-27)25-15(30)5-6-29-12(3)16(19)17(26-29)18(20,21)22/h7-8,10H,4-6,9H2,1-3H3,(H,25,30). The maximum atomic E-state index is 12.9. The predicted molar refractivity (Wildman–Crippen MR) is 107 cm³/mol. The molecule has 3 aromatic heterocycles. The van der Waals surface area contributed by atoms with Gasteiger partial charge in [-0.1, -0.05) is 0 Å². The molecule has 0 fully saturated rings. The van der Waals surface area contributed by atoms with Crippen molar-refractivity contribution >= 4 is 27.5 Å². The Balaban J connectivity index is 1.58. The molecule has 3 heterocycles. The summed E-state index contributed by atoms with van der Waals surface area (Å²) >= 11 is 2.92. The zero-order chi connectivity index (χ0) is 22.1. The van der Waals surface area contributed by atoms with Crippen LogP contribution >= 0.6 is 15.9 Å². The zero-order valence-electron chi connectivity index (χ0n) is 16.7. The number of carbonyl (C=O) groups is 1. The number of anilines is 1. The number of aryl methyl sites for hydroxylation is 2. The van der Waals surface area contributed by atoms with E-state index < -0.39 is 11.9 Å². The normalized spacial score (nSPS) is 11.8. The first-order valence-corrected chi connectivity index (χ1v) is 10.0. The summed E-state index contributed by atoms with van der Waals surface area (Å²) < 4.78 is 43.4. The summed E-state index contributed by atoms with van der Waals surface area (Å²) in [5, 5.41) is 14.8.